The maximum Gasteiger partial charge on any atom is 0.256 e. The Morgan fingerprint density at radius 3 is 1.35 bits per heavy atom. The Balaban J connectivity index is 1.06. The molecular weight excluding hydrogens is 1110 g/mol. The van der Waals surface area contributed by atoms with E-state index in [0.29, 0.717) is 0 Å². The Morgan fingerprint density at radius 1 is 0.315 bits per heavy atom. The predicted molar refractivity (Wildman–Crippen MR) is 399 cm³/mol. The lowest BCUT2D eigenvalue weighted by molar-refractivity contribution is 0.483. The second kappa shape index (κ2) is 20.3. The molecule has 13 aromatic rings. The van der Waals surface area contributed by atoms with Crippen molar-refractivity contribution in [3.63, 3.8) is 0 Å². The highest BCUT2D eigenvalue weighted by molar-refractivity contribution is 6.99. The summed E-state index contributed by atoms with van der Waals surface area (Å²) in [4.78, 5) is 2.65. The molecule has 0 bridgehead atoms. The normalized spacial score (nSPS) is 13.8. The van der Waals surface area contributed by atoms with E-state index in [2.05, 4.69) is 334 Å². The highest BCUT2D eigenvalue weighted by atomic mass is 16.5. The van der Waals surface area contributed by atoms with Gasteiger partial charge < -0.3 is 14.2 Å². The van der Waals surface area contributed by atoms with Gasteiger partial charge in [-0.1, -0.05) is 246 Å². The highest BCUT2D eigenvalue weighted by Gasteiger charge is 2.45. The number of ether oxygens (including phenoxy) is 1. The summed E-state index contributed by atoms with van der Waals surface area (Å²) in [6.07, 6.45) is 0. The van der Waals surface area contributed by atoms with Crippen LogP contribution < -0.4 is 26.0 Å². The van der Waals surface area contributed by atoms with Crippen LogP contribution in [0.2, 0.25) is 0 Å². The van der Waals surface area contributed by atoms with Crippen molar-refractivity contribution in [2.75, 3.05) is 4.90 Å². The van der Waals surface area contributed by atoms with E-state index in [-0.39, 0.29) is 39.2 Å². The van der Waals surface area contributed by atoms with E-state index >= 15 is 0 Å². The topological polar surface area (TPSA) is 17.4 Å². The van der Waals surface area contributed by atoms with Gasteiger partial charge in [-0.15, -0.1) is 0 Å². The summed E-state index contributed by atoms with van der Waals surface area (Å²) in [5.41, 5.74) is 25.0. The second-order valence-electron chi connectivity index (χ2n) is 33.1. The maximum atomic E-state index is 7.73. The molecule has 0 N–H and O–H groups in total. The van der Waals surface area contributed by atoms with Crippen LogP contribution in [0.5, 0.6) is 11.5 Å². The van der Waals surface area contributed by atoms with Gasteiger partial charge in [0.05, 0.1) is 16.7 Å². The Hall–Kier alpha value is -8.86. The molecule has 4 heteroatoms. The number of anilines is 3. The third kappa shape index (κ3) is 9.67. The van der Waals surface area contributed by atoms with E-state index in [1.54, 1.807) is 0 Å². The van der Waals surface area contributed by atoms with Crippen molar-refractivity contribution in [3.05, 3.63) is 234 Å². The molecule has 2 aliphatic heterocycles. The molecular formula is C88H87BN2O. The van der Waals surface area contributed by atoms with Gasteiger partial charge in [0, 0.05) is 45.0 Å². The van der Waals surface area contributed by atoms with Crippen LogP contribution >= 0.6 is 0 Å². The second-order valence-corrected chi connectivity index (χ2v) is 33.1. The monoisotopic (exact) mass is 1200 g/mol. The molecule has 0 fully saturated rings. The third-order valence-electron chi connectivity index (χ3n) is 20.4. The van der Waals surface area contributed by atoms with Gasteiger partial charge in [0.2, 0.25) is 0 Å². The largest absolute Gasteiger partial charge is 0.458 e. The zero-order valence-corrected chi connectivity index (χ0v) is 57.4. The first-order valence-corrected chi connectivity index (χ1v) is 33.5. The number of nitrogens with zero attached hydrogens (tertiary/aromatic N) is 2. The van der Waals surface area contributed by atoms with Gasteiger partial charge in [-0.25, -0.2) is 0 Å². The first-order chi connectivity index (χ1) is 43.4. The minimum atomic E-state index is -0.226. The average Bonchev–Trinajstić information content (AvgIpc) is 0.786. The molecule has 0 amide bonds. The minimum absolute atomic E-state index is 0.0135. The lowest BCUT2D eigenvalue weighted by Crippen LogP contribution is -2.59. The Morgan fingerprint density at radius 2 is 0.804 bits per heavy atom. The summed E-state index contributed by atoms with van der Waals surface area (Å²) >= 11 is 0. The van der Waals surface area contributed by atoms with Gasteiger partial charge >= 0.3 is 0 Å². The van der Waals surface area contributed by atoms with Crippen molar-refractivity contribution in [1.82, 2.24) is 4.57 Å². The quantitative estimate of drug-likeness (QED) is 0.126. The van der Waals surface area contributed by atoms with Gasteiger partial charge in [-0.2, -0.15) is 0 Å². The Bertz CT molecular complexity index is 5040. The molecule has 0 atom stereocenters. The van der Waals surface area contributed by atoms with Crippen molar-refractivity contribution >= 4 is 94.3 Å². The lowest BCUT2D eigenvalue weighted by Gasteiger charge is -2.43. The Kier molecular flexibility index (Phi) is 13.1. The van der Waals surface area contributed by atoms with Crippen LogP contribution in [0.15, 0.2) is 200 Å². The molecule has 3 heterocycles. The standard InChI is InChI=1S/C88H87BN2O/c1-83(2,3)58-32-37-73-68(44-58)69-45-59(84(4,5)6)33-38-74(69)90(73)64-34-35-71-77(51-64)92-78-50-63(88(16,17)18)49-76-81(78)89(71)72-43-54(65-42-57-41-60(85(7,8)9)39-55-29-30-56-40-61(86(10,11)12)48-70(65)80(56)79(55)57)31-36-75(72)91(76)82-66(52-25-21-19-22-26-52)46-62(87(13,14)15)47-67(82)53-27-23-20-24-28-53/h19-51H,1-18H3. The van der Waals surface area contributed by atoms with E-state index < -0.39 is 0 Å². The van der Waals surface area contributed by atoms with Crippen molar-refractivity contribution < 1.29 is 4.74 Å². The Labute approximate surface area is 546 Å². The lowest BCUT2D eigenvalue weighted by atomic mass is 9.34. The molecule has 0 saturated heterocycles. The highest BCUT2D eigenvalue weighted by Crippen LogP contribution is 2.53. The number of fused-ring (bicyclic) bond motifs is 7. The van der Waals surface area contributed by atoms with E-state index in [9.17, 15) is 0 Å². The molecule has 0 unspecified atom stereocenters. The summed E-state index contributed by atoms with van der Waals surface area (Å²) in [5, 5.41) is 10.4. The first-order valence-electron chi connectivity index (χ1n) is 33.5. The van der Waals surface area contributed by atoms with Gasteiger partial charge in [0.1, 0.15) is 11.5 Å². The van der Waals surface area contributed by atoms with E-state index in [4.69, 9.17) is 4.74 Å². The molecule has 12 aromatic carbocycles. The molecule has 0 spiro atoms. The van der Waals surface area contributed by atoms with Crippen LogP contribution in [0.25, 0.3) is 93.2 Å². The first kappa shape index (κ1) is 59.5. The van der Waals surface area contributed by atoms with Crippen molar-refractivity contribution in [1.29, 1.82) is 0 Å². The van der Waals surface area contributed by atoms with Crippen LogP contribution in [0, 0.1) is 0 Å². The fraction of sp³-hybridized carbons (Fsp3) is 0.273. The molecule has 92 heavy (non-hydrogen) atoms. The number of hydrogen-bond acceptors (Lipinski definition) is 2. The molecule has 3 nitrogen and oxygen atoms in total. The molecule has 0 aliphatic carbocycles. The van der Waals surface area contributed by atoms with E-state index in [1.165, 1.54) is 132 Å². The SMILES string of the molecule is CC(C)(C)c1cc(-c2ccccc2)c(N2c3ccc(-c4cc5cc(C(C)(C)C)cc6ccc7cc(C(C)(C)C)cc4c7c65)cc3B3c4ccc(-n5c6ccc(C(C)(C)C)cc6c6cc(C(C)(C)C)ccc65)cc4Oc4cc(C(C)(C)C)cc2c43)c(-c2ccccc2)c1. The van der Waals surface area contributed by atoms with Gasteiger partial charge in [-0.3, -0.25) is 0 Å². The number of benzene rings is 12. The molecule has 2 aliphatic rings. The van der Waals surface area contributed by atoms with Crippen LogP contribution in [0.4, 0.5) is 17.1 Å². The van der Waals surface area contributed by atoms with Crippen molar-refractivity contribution in [2.45, 2.75) is 157 Å². The summed E-state index contributed by atoms with van der Waals surface area (Å²) in [5.74, 6) is 1.78. The third-order valence-corrected chi connectivity index (χ3v) is 20.4. The number of hydrogen-bond donors (Lipinski definition) is 0. The summed E-state index contributed by atoms with van der Waals surface area (Å²) in [7, 11) is 0. The van der Waals surface area contributed by atoms with E-state index in [1.807, 2.05) is 0 Å². The zero-order valence-electron chi connectivity index (χ0n) is 57.4. The van der Waals surface area contributed by atoms with Crippen molar-refractivity contribution in [3.8, 4) is 50.6 Å². The van der Waals surface area contributed by atoms with Crippen LogP contribution in [-0.4, -0.2) is 11.3 Å². The fourth-order valence-corrected chi connectivity index (χ4v) is 15.0. The predicted octanol–water partition coefficient (Wildman–Crippen LogP) is 22.9. The van der Waals surface area contributed by atoms with Crippen LogP contribution in [0.3, 0.4) is 0 Å². The molecule has 1 aromatic heterocycles. The smallest absolute Gasteiger partial charge is 0.256 e. The van der Waals surface area contributed by atoms with Gasteiger partial charge in [-0.05, 0) is 210 Å². The van der Waals surface area contributed by atoms with E-state index in [0.717, 1.165) is 39.7 Å². The molecule has 0 saturated carbocycles. The minimum Gasteiger partial charge on any atom is -0.458 e. The zero-order chi connectivity index (χ0) is 64.7. The van der Waals surface area contributed by atoms with Gasteiger partial charge in [0.15, 0.2) is 0 Å². The number of aromatic nitrogens is 1. The van der Waals surface area contributed by atoms with Crippen LogP contribution in [-0.2, 0) is 32.5 Å². The summed E-state index contributed by atoms with van der Waals surface area (Å²) < 4.78 is 10.2. The average molecular weight is 1200 g/mol. The van der Waals surface area contributed by atoms with Crippen molar-refractivity contribution in [2.24, 2.45) is 0 Å². The molecule has 458 valence electrons. The van der Waals surface area contributed by atoms with Crippen LogP contribution in [0.1, 0.15) is 158 Å². The maximum absolute atomic E-state index is 7.73. The summed E-state index contributed by atoms with van der Waals surface area (Å²) in [6, 6.07) is 78.1. The molecule has 0 radical (unpaired) electrons. The number of rotatable bonds is 5. The van der Waals surface area contributed by atoms with Gasteiger partial charge in [0.25, 0.3) is 6.71 Å². The fourth-order valence-electron chi connectivity index (χ4n) is 15.0. The summed E-state index contributed by atoms with van der Waals surface area (Å²) in [6.45, 7) is 41.9. The molecule has 15 rings (SSSR count).